The lowest BCUT2D eigenvalue weighted by Gasteiger charge is -2.24. The Kier molecular flexibility index (Phi) is 8.70. The van der Waals surface area contributed by atoms with Crippen molar-refractivity contribution in [3.63, 3.8) is 0 Å². The molecule has 0 aliphatic rings. The molecule has 3 aromatic rings. The van der Waals surface area contributed by atoms with E-state index in [1.54, 1.807) is 28.8 Å². The van der Waals surface area contributed by atoms with E-state index >= 15 is 0 Å². The number of aromatic nitrogens is 1. The van der Waals surface area contributed by atoms with E-state index in [9.17, 15) is 13.2 Å². The first-order chi connectivity index (χ1) is 15.3. The number of sulfone groups is 1. The molecule has 0 atom stereocenters. The van der Waals surface area contributed by atoms with Gasteiger partial charge < -0.3 is 4.90 Å². The number of rotatable bonds is 11. The fraction of sp³-hybridized carbons (Fsp3) is 0.391. The first-order valence-corrected chi connectivity index (χ1v) is 14.3. The van der Waals surface area contributed by atoms with E-state index in [2.05, 4.69) is 23.7 Å². The van der Waals surface area contributed by atoms with Gasteiger partial charge in [0, 0.05) is 36.4 Å². The van der Waals surface area contributed by atoms with Gasteiger partial charge in [0.05, 0.1) is 9.60 Å². The second-order valence-electron chi connectivity index (χ2n) is 7.36. The summed E-state index contributed by atoms with van der Waals surface area (Å²) < 4.78 is 25.2. The van der Waals surface area contributed by atoms with Gasteiger partial charge in [-0.25, -0.2) is 13.4 Å². The molecule has 0 fully saturated rings. The predicted molar refractivity (Wildman–Crippen MR) is 135 cm³/mol. The lowest BCUT2D eigenvalue weighted by molar-refractivity contribution is -0.118. The second-order valence-corrected chi connectivity index (χ2v) is 11.5. The third-order valence-electron chi connectivity index (χ3n) is 5.16. The molecule has 32 heavy (non-hydrogen) atoms. The molecular weight excluding hydrogens is 462 g/mol. The molecule has 1 heterocycles. The van der Waals surface area contributed by atoms with Crippen LogP contribution in [0.4, 0.5) is 5.13 Å². The number of carbonyl (C=O) groups excluding carboxylic acids is 1. The van der Waals surface area contributed by atoms with Crippen molar-refractivity contribution < 1.29 is 13.2 Å². The van der Waals surface area contributed by atoms with Crippen molar-refractivity contribution in [1.82, 2.24) is 9.88 Å². The third-order valence-corrected chi connectivity index (χ3v) is 8.35. The van der Waals surface area contributed by atoms with Gasteiger partial charge in [0.25, 0.3) is 0 Å². The normalized spacial score (nSPS) is 11.9. The SMILES string of the molecule is CCN(CC)CCN(C(=O)CCSc1ccccc1)c1nc2c(S(C)(=O)=O)cccc2s1. The maximum atomic E-state index is 13.2. The number of amides is 1. The van der Waals surface area contributed by atoms with Crippen LogP contribution in [0.1, 0.15) is 20.3 Å². The minimum absolute atomic E-state index is 0.000508. The Morgan fingerprint density at radius 1 is 1.03 bits per heavy atom. The molecule has 9 heteroatoms. The smallest absolute Gasteiger partial charge is 0.229 e. The lowest BCUT2D eigenvalue weighted by Crippen LogP contribution is -2.39. The van der Waals surface area contributed by atoms with Gasteiger partial charge in [-0.3, -0.25) is 9.69 Å². The van der Waals surface area contributed by atoms with E-state index < -0.39 is 9.84 Å². The molecule has 0 bridgehead atoms. The highest BCUT2D eigenvalue weighted by molar-refractivity contribution is 7.99. The summed E-state index contributed by atoms with van der Waals surface area (Å²) in [6.45, 7) is 7.26. The summed E-state index contributed by atoms with van der Waals surface area (Å²) in [4.78, 5) is 23.2. The van der Waals surface area contributed by atoms with Crippen LogP contribution in [0, 0.1) is 0 Å². The van der Waals surface area contributed by atoms with Crippen LogP contribution >= 0.6 is 23.1 Å². The van der Waals surface area contributed by atoms with Crippen LogP contribution in [-0.2, 0) is 14.6 Å². The van der Waals surface area contributed by atoms with Gasteiger partial charge in [-0.15, -0.1) is 11.8 Å². The van der Waals surface area contributed by atoms with Crippen LogP contribution < -0.4 is 4.90 Å². The second kappa shape index (κ2) is 11.3. The molecule has 0 saturated carbocycles. The largest absolute Gasteiger partial charge is 0.302 e. The molecule has 6 nitrogen and oxygen atoms in total. The van der Waals surface area contributed by atoms with Crippen molar-refractivity contribution >= 4 is 54.2 Å². The van der Waals surface area contributed by atoms with Crippen molar-refractivity contribution in [1.29, 1.82) is 0 Å². The Balaban J connectivity index is 1.84. The maximum Gasteiger partial charge on any atom is 0.229 e. The topological polar surface area (TPSA) is 70.6 Å². The molecule has 0 radical (unpaired) electrons. The summed E-state index contributed by atoms with van der Waals surface area (Å²) in [6, 6.07) is 15.2. The van der Waals surface area contributed by atoms with Crippen molar-refractivity contribution in [3.05, 3.63) is 48.5 Å². The number of hydrogen-bond donors (Lipinski definition) is 0. The number of benzene rings is 2. The minimum atomic E-state index is -3.41. The Hall–Kier alpha value is -1.94. The molecule has 0 aliphatic heterocycles. The quantitative estimate of drug-likeness (QED) is 0.366. The van der Waals surface area contributed by atoms with Crippen LogP contribution in [0.2, 0.25) is 0 Å². The van der Waals surface area contributed by atoms with E-state index in [1.165, 1.54) is 17.6 Å². The number of carbonyl (C=O) groups is 1. The Morgan fingerprint density at radius 2 is 1.75 bits per heavy atom. The zero-order valence-corrected chi connectivity index (χ0v) is 21.1. The zero-order chi connectivity index (χ0) is 23.1. The van der Waals surface area contributed by atoms with Crippen molar-refractivity contribution in [2.24, 2.45) is 0 Å². The number of nitrogens with zero attached hydrogens (tertiary/aromatic N) is 3. The Bertz CT molecular complexity index is 1140. The van der Waals surface area contributed by atoms with Gasteiger partial charge in [0.2, 0.25) is 5.91 Å². The van der Waals surface area contributed by atoms with Gasteiger partial charge in [0.1, 0.15) is 5.52 Å². The zero-order valence-electron chi connectivity index (χ0n) is 18.7. The highest BCUT2D eigenvalue weighted by atomic mass is 32.2. The standard InChI is InChI=1S/C23H29N3O3S3/c1-4-25(5-2)15-16-26(21(27)14-17-30-18-10-7-6-8-11-18)23-24-22-19(31-23)12-9-13-20(22)32(3,28)29/h6-13H,4-5,14-17H2,1-3H3. The summed E-state index contributed by atoms with van der Waals surface area (Å²) in [5.41, 5.74) is 0.439. The number of para-hydroxylation sites is 1. The maximum absolute atomic E-state index is 13.2. The van der Waals surface area contributed by atoms with E-state index in [4.69, 9.17) is 0 Å². The monoisotopic (exact) mass is 491 g/mol. The fourth-order valence-electron chi connectivity index (χ4n) is 3.34. The highest BCUT2D eigenvalue weighted by Crippen LogP contribution is 2.33. The van der Waals surface area contributed by atoms with E-state index in [0.717, 1.165) is 29.2 Å². The predicted octanol–water partition coefficient (Wildman–Crippen LogP) is 4.56. The van der Waals surface area contributed by atoms with E-state index in [0.29, 0.717) is 29.4 Å². The minimum Gasteiger partial charge on any atom is -0.302 e. The first-order valence-electron chi connectivity index (χ1n) is 10.6. The molecule has 172 valence electrons. The van der Waals surface area contributed by atoms with Crippen molar-refractivity contribution in [2.45, 2.75) is 30.1 Å². The van der Waals surface area contributed by atoms with Gasteiger partial charge in [0.15, 0.2) is 15.0 Å². The van der Waals surface area contributed by atoms with Gasteiger partial charge in [-0.1, -0.05) is 49.4 Å². The first kappa shape index (κ1) is 24.7. The van der Waals surface area contributed by atoms with Crippen LogP contribution in [0.25, 0.3) is 10.2 Å². The number of fused-ring (bicyclic) bond motifs is 1. The number of hydrogen-bond acceptors (Lipinski definition) is 7. The summed E-state index contributed by atoms with van der Waals surface area (Å²) in [5.74, 6) is 0.671. The third kappa shape index (κ3) is 6.31. The molecular formula is C23H29N3O3S3. The van der Waals surface area contributed by atoms with Gasteiger partial charge >= 0.3 is 0 Å². The average molecular weight is 492 g/mol. The van der Waals surface area contributed by atoms with Crippen LogP contribution in [-0.4, -0.2) is 62.4 Å². The molecule has 0 N–H and O–H groups in total. The molecule has 1 amide bonds. The lowest BCUT2D eigenvalue weighted by atomic mass is 10.3. The van der Waals surface area contributed by atoms with E-state index in [1.807, 2.05) is 36.4 Å². The summed E-state index contributed by atoms with van der Waals surface area (Å²) in [5, 5.41) is 0.554. The van der Waals surface area contributed by atoms with Crippen LogP contribution in [0.15, 0.2) is 58.3 Å². The summed E-state index contributed by atoms with van der Waals surface area (Å²) in [6.07, 6.45) is 1.57. The van der Waals surface area contributed by atoms with Crippen LogP contribution in [0.3, 0.4) is 0 Å². The molecule has 0 aliphatic carbocycles. The molecule has 0 unspecified atom stereocenters. The number of likely N-dealkylation sites (N-methyl/N-ethyl adjacent to an activating group) is 1. The van der Waals surface area contributed by atoms with Gasteiger partial charge in [-0.05, 0) is 37.4 Å². The summed E-state index contributed by atoms with van der Waals surface area (Å²) >= 11 is 3.02. The molecule has 2 aromatic carbocycles. The van der Waals surface area contributed by atoms with Gasteiger partial charge in [-0.2, -0.15) is 0 Å². The molecule has 0 spiro atoms. The van der Waals surface area contributed by atoms with Crippen molar-refractivity contribution in [3.8, 4) is 0 Å². The highest BCUT2D eigenvalue weighted by Gasteiger charge is 2.22. The molecule has 0 saturated heterocycles. The number of thiazole rings is 1. The number of thioether (sulfide) groups is 1. The average Bonchev–Trinajstić information content (AvgIpc) is 3.20. The van der Waals surface area contributed by atoms with Crippen LogP contribution in [0.5, 0.6) is 0 Å². The molecule has 3 rings (SSSR count). The fourth-order valence-corrected chi connectivity index (χ4v) is 6.14. The Labute approximate surface area is 198 Å². The summed E-state index contributed by atoms with van der Waals surface area (Å²) in [7, 11) is -3.41. The van der Waals surface area contributed by atoms with E-state index in [-0.39, 0.29) is 10.8 Å². The Morgan fingerprint density at radius 3 is 2.41 bits per heavy atom. The molecule has 1 aromatic heterocycles. The van der Waals surface area contributed by atoms with Crippen molar-refractivity contribution in [2.75, 3.05) is 43.1 Å². The number of anilines is 1.